The molecular formula is C20H11FN8S. The van der Waals surface area contributed by atoms with Crippen molar-refractivity contribution in [2.24, 2.45) is 0 Å². The van der Waals surface area contributed by atoms with Gasteiger partial charge in [-0.1, -0.05) is 0 Å². The number of imidazole rings is 1. The lowest BCUT2D eigenvalue weighted by Crippen LogP contribution is -1.93. The third kappa shape index (κ3) is 2.51. The molecular weight excluding hydrogens is 403 g/mol. The summed E-state index contributed by atoms with van der Waals surface area (Å²) in [5, 5.41) is 11.4. The number of hydrogen-bond acceptors (Lipinski definition) is 7. The Bertz CT molecular complexity index is 1500. The zero-order valence-electron chi connectivity index (χ0n) is 15.2. The Morgan fingerprint density at radius 3 is 2.63 bits per heavy atom. The van der Waals surface area contributed by atoms with Gasteiger partial charge in [-0.2, -0.15) is 16.4 Å². The van der Waals surface area contributed by atoms with Crippen LogP contribution in [0.5, 0.6) is 0 Å². The highest BCUT2D eigenvalue weighted by molar-refractivity contribution is 7.08. The van der Waals surface area contributed by atoms with Crippen molar-refractivity contribution in [2.45, 2.75) is 0 Å². The average Bonchev–Trinajstić information content (AvgIpc) is 3.53. The van der Waals surface area contributed by atoms with Gasteiger partial charge in [0.15, 0.2) is 11.6 Å². The van der Waals surface area contributed by atoms with E-state index in [4.69, 9.17) is 4.98 Å². The Morgan fingerprint density at radius 2 is 1.80 bits per heavy atom. The number of thiophene rings is 1. The molecule has 8 nitrogen and oxygen atoms in total. The minimum atomic E-state index is -0.511. The number of H-pyrrole nitrogens is 2. The van der Waals surface area contributed by atoms with Crippen LogP contribution in [0.4, 0.5) is 4.39 Å². The maximum Gasteiger partial charge on any atom is 0.161 e. The van der Waals surface area contributed by atoms with E-state index in [0.29, 0.717) is 33.5 Å². The molecule has 0 saturated heterocycles. The zero-order valence-corrected chi connectivity index (χ0v) is 16.0. The number of pyridine rings is 2. The third-order valence-corrected chi connectivity index (χ3v) is 5.48. The summed E-state index contributed by atoms with van der Waals surface area (Å²) in [6.07, 6.45) is 7.68. The minimum Gasteiger partial charge on any atom is -0.336 e. The molecule has 0 aliphatic rings. The predicted octanol–water partition coefficient (Wildman–Crippen LogP) is 4.22. The molecule has 10 heteroatoms. The number of hydrogen-bond donors (Lipinski definition) is 2. The highest BCUT2D eigenvalue weighted by Crippen LogP contribution is 2.33. The quantitative estimate of drug-likeness (QED) is 0.449. The van der Waals surface area contributed by atoms with E-state index in [2.05, 4.69) is 35.1 Å². The van der Waals surface area contributed by atoms with Crippen LogP contribution in [0, 0.1) is 5.82 Å². The summed E-state index contributed by atoms with van der Waals surface area (Å²) in [6.45, 7) is 0. The normalized spacial score (nSPS) is 11.5. The van der Waals surface area contributed by atoms with Crippen molar-refractivity contribution in [3.63, 3.8) is 0 Å². The largest absolute Gasteiger partial charge is 0.336 e. The highest BCUT2D eigenvalue weighted by Gasteiger charge is 2.21. The summed E-state index contributed by atoms with van der Waals surface area (Å²) in [4.78, 5) is 24.5. The number of aromatic nitrogens is 8. The van der Waals surface area contributed by atoms with Crippen molar-refractivity contribution in [1.82, 2.24) is 40.1 Å². The Kier molecular flexibility index (Phi) is 3.65. The van der Waals surface area contributed by atoms with Gasteiger partial charge in [-0.3, -0.25) is 15.1 Å². The molecule has 6 aromatic heterocycles. The van der Waals surface area contributed by atoms with Gasteiger partial charge in [-0.25, -0.2) is 19.3 Å². The predicted molar refractivity (Wildman–Crippen MR) is 111 cm³/mol. The van der Waals surface area contributed by atoms with Crippen LogP contribution >= 0.6 is 11.3 Å². The van der Waals surface area contributed by atoms with Crippen molar-refractivity contribution in [2.75, 3.05) is 0 Å². The number of rotatable bonds is 3. The van der Waals surface area contributed by atoms with E-state index in [1.807, 2.05) is 22.9 Å². The van der Waals surface area contributed by atoms with Gasteiger partial charge >= 0.3 is 0 Å². The monoisotopic (exact) mass is 414 g/mol. The van der Waals surface area contributed by atoms with E-state index in [1.54, 1.807) is 17.5 Å². The van der Waals surface area contributed by atoms with Gasteiger partial charge in [0.2, 0.25) is 0 Å². The van der Waals surface area contributed by atoms with Crippen molar-refractivity contribution >= 4 is 33.3 Å². The van der Waals surface area contributed by atoms with Gasteiger partial charge in [0.05, 0.1) is 28.3 Å². The molecule has 6 aromatic rings. The Hall–Kier alpha value is -4.05. The fourth-order valence-electron chi connectivity index (χ4n) is 3.43. The van der Waals surface area contributed by atoms with Crippen molar-refractivity contribution in [1.29, 1.82) is 0 Å². The second-order valence-electron chi connectivity index (χ2n) is 6.56. The number of nitrogens with zero attached hydrogens (tertiary/aromatic N) is 6. The summed E-state index contributed by atoms with van der Waals surface area (Å²) >= 11 is 1.59. The summed E-state index contributed by atoms with van der Waals surface area (Å²) < 4.78 is 15.5. The molecule has 144 valence electrons. The molecule has 0 fully saturated rings. The van der Waals surface area contributed by atoms with Gasteiger partial charge in [0, 0.05) is 35.1 Å². The molecule has 0 bridgehead atoms. The molecule has 6 rings (SSSR count). The van der Waals surface area contributed by atoms with Crippen molar-refractivity contribution in [3.8, 4) is 34.0 Å². The van der Waals surface area contributed by atoms with Gasteiger partial charge in [-0.15, -0.1) is 0 Å². The van der Waals surface area contributed by atoms with Gasteiger partial charge < -0.3 is 4.98 Å². The third-order valence-electron chi connectivity index (χ3n) is 4.80. The lowest BCUT2D eigenvalue weighted by molar-refractivity contribution is 0.638. The number of nitrogens with one attached hydrogen (secondary N) is 2. The molecule has 6 heterocycles. The second-order valence-corrected chi connectivity index (χ2v) is 7.34. The van der Waals surface area contributed by atoms with E-state index < -0.39 is 5.82 Å². The molecule has 0 aromatic carbocycles. The first kappa shape index (κ1) is 16.9. The lowest BCUT2D eigenvalue weighted by atomic mass is 10.1. The van der Waals surface area contributed by atoms with E-state index in [9.17, 15) is 0 Å². The van der Waals surface area contributed by atoms with Crippen molar-refractivity contribution < 1.29 is 4.39 Å². The van der Waals surface area contributed by atoms with Crippen LogP contribution in [0.3, 0.4) is 0 Å². The molecule has 0 aliphatic heterocycles. The molecule has 0 amide bonds. The Morgan fingerprint density at radius 1 is 0.900 bits per heavy atom. The van der Waals surface area contributed by atoms with Crippen LogP contribution in [0.2, 0.25) is 0 Å². The summed E-state index contributed by atoms with van der Waals surface area (Å²) in [7, 11) is 0. The maximum atomic E-state index is 15.5. The Balaban J connectivity index is 1.57. The first-order valence-corrected chi connectivity index (χ1v) is 9.89. The standard InChI is InChI=1S/C20H11FN8S/c21-15-14-13(7-25-16(15)11-5-22-9-23-6-11)28-29-19(14)20-26-12-1-3-24-17(18(12)27-20)10-2-4-30-8-10/h1-9H,(H,26,27)(H,28,29). The molecule has 2 N–H and O–H groups in total. The highest BCUT2D eigenvalue weighted by atomic mass is 32.1. The van der Waals surface area contributed by atoms with Gasteiger partial charge in [-0.05, 0) is 17.5 Å². The van der Waals surface area contributed by atoms with E-state index in [0.717, 1.165) is 16.8 Å². The number of fused-ring (bicyclic) bond motifs is 2. The lowest BCUT2D eigenvalue weighted by Gasteiger charge is -2.03. The molecule has 0 spiro atoms. The van der Waals surface area contributed by atoms with E-state index in [-0.39, 0.29) is 5.69 Å². The topological polar surface area (TPSA) is 109 Å². The first-order valence-electron chi connectivity index (χ1n) is 8.95. The zero-order chi connectivity index (χ0) is 20.1. The number of halogens is 1. The van der Waals surface area contributed by atoms with Crippen LogP contribution in [0.15, 0.2) is 54.0 Å². The molecule has 0 unspecified atom stereocenters. The molecule has 0 saturated carbocycles. The van der Waals surface area contributed by atoms with Crippen LogP contribution in [-0.4, -0.2) is 40.1 Å². The molecule has 0 atom stereocenters. The Labute approximate surface area is 171 Å². The van der Waals surface area contributed by atoms with Gasteiger partial charge in [0.1, 0.15) is 23.2 Å². The average molecular weight is 414 g/mol. The second kappa shape index (κ2) is 6.49. The summed E-state index contributed by atoms with van der Waals surface area (Å²) in [5.41, 5.74) is 4.73. The van der Waals surface area contributed by atoms with Gasteiger partial charge in [0.25, 0.3) is 0 Å². The minimum absolute atomic E-state index is 0.155. The maximum absolute atomic E-state index is 15.5. The van der Waals surface area contributed by atoms with Crippen molar-refractivity contribution in [3.05, 3.63) is 59.8 Å². The summed E-state index contributed by atoms with van der Waals surface area (Å²) in [5.74, 6) is -0.0659. The SMILES string of the molecule is Fc1c(-c2cncnc2)ncc2[nH]nc(-c3nc4c(-c5ccsc5)nccc4[nH]3)c12. The first-order chi connectivity index (χ1) is 14.8. The van der Waals surface area contributed by atoms with E-state index in [1.165, 1.54) is 24.9 Å². The molecule has 30 heavy (non-hydrogen) atoms. The van der Waals surface area contributed by atoms with Crippen LogP contribution in [0.1, 0.15) is 0 Å². The van der Waals surface area contributed by atoms with Crippen LogP contribution in [0.25, 0.3) is 56.0 Å². The molecule has 0 aliphatic carbocycles. The van der Waals surface area contributed by atoms with Crippen LogP contribution < -0.4 is 0 Å². The van der Waals surface area contributed by atoms with E-state index >= 15 is 4.39 Å². The number of aromatic amines is 2. The fraction of sp³-hybridized carbons (Fsp3) is 0. The summed E-state index contributed by atoms with van der Waals surface area (Å²) in [6, 6.07) is 3.82. The van der Waals surface area contributed by atoms with Crippen LogP contribution in [-0.2, 0) is 0 Å². The fourth-order valence-corrected chi connectivity index (χ4v) is 4.07. The molecule has 0 radical (unpaired) electrons. The smallest absolute Gasteiger partial charge is 0.161 e.